The van der Waals surface area contributed by atoms with Crippen molar-refractivity contribution < 1.29 is 23.8 Å². The highest BCUT2D eigenvalue weighted by Crippen LogP contribution is 2.51. The van der Waals surface area contributed by atoms with Crippen LogP contribution in [0.25, 0.3) is 0 Å². The predicted octanol–water partition coefficient (Wildman–Crippen LogP) is 5.41. The molecular weight excluding hydrogens is 578 g/mol. The molecule has 0 spiro atoms. The number of aryl methyl sites for hydroxylation is 1. The number of aromatic nitrogens is 2. The molecule has 10 nitrogen and oxygen atoms in total. The first-order valence-electron chi connectivity index (χ1n) is 14.7. The molecule has 0 saturated heterocycles. The zero-order chi connectivity index (χ0) is 31.4. The minimum atomic E-state index is -0.623. The van der Waals surface area contributed by atoms with Crippen LogP contribution in [-0.4, -0.2) is 61.8 Å². The standard InChI is InChI=1S/C33H41N5O5S/c1-20-24(36-19-35-20)18-44-12-11-34-30(40)17-38-25-10-8-7-9-22(25)37-23-15-33(2,3)16-26(39)31(23)32(38)21-13-28(42-5)29(43-6)14-27(21)41-4/h7-10,13-14,19,32,37H,11-12,15-18H2,1-6H3,(H,34,40)(H,35,36). The molecule has 3 N–H and O–H groups in total. The maximum Gasteiger partial charge on any atom is 0.239 e. The van der Waals surface area contributed by atoms with Crippen molar-refractivity contribution in [3.8, 4) is 17.2 Å². The van der Waals surface area contributed by atoms with Crippen LogP contribution in [0.1, 0.15) is 49.7 Å². The van der Waals surface area contributed by atoms with Gasteiger partial charge in [-0.3, -0.25) is 9.59 Å². The fourth-order valence-corrected chi connectivity index (χ4v) is 6.87. The van der Waals surface area contributed by atoms with Gasteiger partial charge in [-0.15, -0.1) is 0 Å². The van der Waals surface area contributed by atoms with E-state index >= 15 is 0 Å². The molecule has 1 amide bonds. The minimum Gasteiger partial charge on any atom is -0.496 e. The van der Waals surface area contributed by atoms with E-state index in [9.17, 15) is 9.59 Å². The van der Waals surface area contributed by atoms with Crippen LogP contribution in [0, 0.1) is 12.3 Å². The highest BCUT2D eigenvalue weighted by molar-refractivity contribution is 7.98. The van der Waals surface area contributed by atoms with E-state index in [0.717, 1.165) is 40.0 Å². The van der Waals surface area contributed by atoms with E-state index in [2.05, 4.69) is 34.4 Å². The number of hydrogen-bond acceptors (Lipinski definition) is 9. The van der Waals surface area contributed by atoms with Gasteiger partial charge < -0.3 is 34.7 Å². The monoisotopic (exact) mass is 619 g/mol. The number of allylic oxidation sites excluding steroid dienone is 1. The van der Waals surface area contributed by atoms with E-state index in [-0.39, 0.29) is 23.7 Å². The summed E-state index contributed by atoms with van der Waals surface area (Å²) < 4.78 is 17.1. The Morgan fingerprint density at radius 3 is 2.52 bits per heavy atom. The number of nitrogens with zero attached hydrogens (tertiary/aromatic N) is 2. The zero-order valence-electron chi connectivity index (χ0n) is 26.2. The number of amides is 1. The van der Waals surface area contributed by atoms with Gasteiger partial charge in [0.15, 0.2) is 17.3 Å². The van der Waals surface area contributed by atoms with Gasteiger partial charge in [-0.1, -0.05) is 26.0 Å². The average molecular weight is 620 g/mol. The van der Waals surface area contributed by atoms with Gasteiger partial charge in [0.25, 0.3) is 0 Å². The molecular formula is C33H41N5O5S. The van der Waals surface area contributed by atoms with E-state index in [4.69, 9.17) is 14.2 Å². The van der Waals surface area contributed by atoms with Crippen molar-refractivity contribution in [1.29, 1.82) is 0 Å². The summed E-state index contributed by atoms with van der Waals surface area (Å²) >= 11 is 1.71. The summed E-state index contributed by atoms with van der Waals surface area (Å²) in [5, 5.41) is 6.68. The highest BCUT2D eigenvalue weighted by atomic mass is 32.2. The largest absolute Gasteiger partial charge is 0.496 e. The van der Waals surface area contributed by atoms with Crippen molar-refractivity contribution in [3.05, 3.63) is 70.9 Å². The number of rotatable bonds is 11. The summed E-state index contributed by atoms with van der Waals surface area (Å²) in [5.74, 6) is 2.96. The number of methoxy groups -OCH3 is 3. The van der Waals surface area contributed by atoms with Gasteiger partial charge in [0.2, 0.25) is 5.91 Å². The molecule has 0 bridgehead atoms. The molecule has 1 aliphatic heterocycles. The lowest BCUT2D eigenvalue weighted by Gasteiger charge is -2.38. The molecule has 0 saturated carbocycles. The average Bonchev–Trinajstić information content (AvgIpc) is 3.35. The summed E-state index contributed by atoms with van der Waals surface area (Å²) in [5.41, 5.74) is 5.70. The number of para-hydroxylation sites is 2. The number of H-pyrrole nitrogens is 1. The van der Waals surface area contributed by atoms with E-state index in [1.807, 2.05) is 42.2 Å². The van der Waals surface area contributed by atoms with Crippen LogP contribution in [0.15, 0.2) is 54.0 Å². The van der Waals surface area contributed by atoms with Crippen LogP contribution in [0.3, 0.4) is 0 Å². The number of ether oxygens (including phenoxy) is 3. The van der Waals surface area contributed by atoms with Crippen LogP contribution in [0.2, 0.25) is 0 Å². The molecule has 0 fully saturated rings. The van der Waals surface area contributed by atoms with Crippen molar-refractivity contribution in [1.82, 2.24) is 15.3 Å². The number of nitrogens with one attached hydrogen (secondary N) is 3. The molecule has 2 aromatic carbocycles. The summed E-state index contributed by atoms with van der Waals surface area (Å²) in [7, 11) is 4.74. The Kier molecular flexibility index (Phi) is 9.43. The van der Waals surface area contributed by atoms with Crippen molar-refractivity contribution >= 4 is 34.8 Å². The van der Waals surface area contributed by atoms with Crippen molar-refractivity contribution in [2.24, 2.45) is 5.41 Å². The number of aromatic amines is 1. The summed E-state index contributed by atoms with van der Waals surface area (Å²) in [4.78, 5) is 37.1. The van der Waals surface area contributed by atoms with Crippen LogP contribution in [-0.2, 0) is 15.3 Å². The van der Waals surface area contributed by atoms with Crippen molar-refractivity contribution in [3.63, 3.8) is 0 Å². The van der Waals surface area contributed by atoms with Crippen LogP contribution in [0.5, 0.6) is 17.2 Å². The maximum atomic E-state index is 14.1. The normalized spacial score (nSPS) is 17.3. The van der Waals surface area contributed by atoms with Crippen LogP contribution >= 0.6 is 11.8 Å². The van der Waals surface area contributed by atoms with Gasteiger partial charge in [-0.05, 0) is 37.0 Å². The number of benzene rings is 2. The van der Waals surface area contributed by atoms with E-state index in [1.165, 1.54) is 0 Å². The van der Waals surface area contributed by atoms with Gasteiger partial charge >= 0.3 is 0 Å². The Bertz CT molecular complexity index is 1570. The lowest BCUT2D eigenvalue weighted by molar-refractivity contribution is -0.120. The number of anilines is 2. The highest BCUT2D eigenvalue weighted by Gasteiger charge is 2.43. The molecule has 44 heavy (non-hydrogen) atoms. The first-order valence-corrected chi connectivity index (χ1v) is 15.8. The third kappa shape index (κ3) is 6.52. The van der Waals surface area contributed by atoms with Crippen molar-refractivity contribution in [2.45, 2.75) is 45.4 Å². The summed E-state index contributed by atoms with van der Waals surface area (Å²) in [6, 6.07) is 10.9. The number of Topliss-reactive ketones (excluding diaryl/α,β-unsaturated/α-hetero) is 1. The molecule has 2 aliphatic rings. The minimum absolute atomic E-state index is 0.0253. The SMILES string of the molecule is COc1cc(OC)c(C2C3=C(CC(C)(C)CC3=O)Nc3ccccc3N2CC(=O)NCCSCc2nc[nH]c2C)cc1OC. The van der Waals surface area contributed by atoms with E-state index < -0.39 is 6.04 Å². The lowest BCUT2D eigenvalue weighted by atomic mass is 9.73. The molecule has 11 heteroatoms. The number of carbonyl (C=O) groups excluding carboxylic acids is 2. The van der Waals surface area contributed by atoms with Crippen LogP contribution < -0.4 is 29.7 Å². The van der Waals surface area contributed by atoms with Gasteiger partial charge in [0.05, 0.1) is 57.3 Å². The smallest absolute Gasteiger partial charge is 0.239 e. The molecule has 5 rings (SSSR count). The third-order valence-electron chi connectivity index (χ3n) is 8.09. The Morgan fingerprint density at radius 1 is 1.09 bits per heavy atom. The fraction of sp³-hybridized carbons (Fsp3) is 0.424. The molecule has 1 aliphatic carbocycles. The Hall–Kier alpha value is -4.12. The van der Waals surface area contributed by atoms with Crippen molar-refractivity contribution in [2.75, 3.05) is 50.4 Å². The molecule has 234 valence electrons. The molecule has 1 unspecified atom stereocenters. The second-order valence-electron chi connectivity index (χ2n) is 11.8. The quantitative estimate of drug-likeness (QED) is 0.242. The molecule has 2 heterocycles. The molecule has 3 aromatic rings. The van der Waals surface area contributed by atoms with Gasteiger partial charge in [0, 0.05) is 53.1 Å². The second kappa shape index (κ2) is 13.3. The number of thioether (sulfide) groups is 1. The number of imidazole rings is 1. The first kappa shape index (κ1) is 31.3. The lowest BCUT2D eigenvalue weighted by Crippen LogP contribution is -2.42. The topological polar surface area (TPSA) is 118 Å². The number of ketones is 1. The summed E-state index contributed by atoms with van der Waals surface area (Å²) in [6.07, 6.45) is 2.77. The Morgan fingerprint density at radius 2 is 1.82 bits per heavy atom. The maximum absolute atomic E-state index is 14.1. The van der Waals surface area contributed by atoms with Gasteiger partial charge in [-0.25, -0.2) is 4.98 Å². The molecule has 0 radical (unpaired) electrons. The van der Waals surface area contributed by atoms with Gasteiger partial charge in [0.1, 0.15) is 5.75 Å². The van der Waals surface area contributed by atoms with E-state index in [1.54, 1.807) is 45.5 Å². The number of carbonyl (C=O) groups is 2. The van der Waals surface area contributed by atoms with Crippen LogP contribution in [0.4, 0.5) is 11.4 Å². The fourth-order valence-electron chi connectivity index (χ4n) is 5.99. The van der Waals surface area contributed by atoms with Gasteiger partial charge in [-0.2, -0.15) is 11.8 Å². The predicted molar refractivity (Wildman–Crippen MR) is 174 cm³/mol. The second-order valence-corrected chi connectivity index (χ2v) is 12.9. The zero-order valence-corrected chi connectivity index (χ0v) is 27.0. The number of fused-ring (bicyclic) bond motifs is 1. The Labute approximate surface area is 262 Å². The summed E-state index contributed by atoms with van der Waals surface area (Å²) in [6.45, 7) is 6.75. The first-order chi connectivity index (χ1) is 21.2. The number of hydrogen-bond donors (Lipinski definition) is 3. The molecule has 1 atom stereocenters. The molecule has 1 aromatic heterocycles. The van der Waals surface area contributed by atoms with E-state index in [0.29, 0.717) is 47.8 Å². The Balaban J connectivity index is 1.52. The third-order valence-corrected chi connectivity index (χ3v) is 9.06.